The van der Waals surface area contributed by atoms with Gasteiger partial charge >= 0.3 is 6.18 Å². The van der Waals surface area contributed by atoms with E-state index in [1.54, 1.807) is 12.1 Å². The van der Waals surface area contributed by atoms with Crippen molar-refractivity contribution in [2.75, 3.05) is 31.1 Å². The van der Waals surface area contributed by atoms with Crippen LogP contribution in [0.1, 0.15) is 5.56 Å². The molecule has 1 aliphatic heterocycles. The highest BCUT2D eigenvalue weighted by atomic mass is 19.4. The maximum Gasteiger partial charge on any atom is 0.409 e. The summed E-state index contributed by atoms with van der Waals surface area (Å²) in [5, 5.41) is 11.8. The van der Waals surface area contributed by atoms with Gasteiger partial charge in [-0.1, -0.05) is 0 Å². The zero-order valence-corrected chi connectivity index (χ0v) is 12.0. The van der Waals surface area contributed by atoms with E-state index in [0.29, 0.717) is 25.0 Å². The Kier molecular flexibility index (Phi) is 4.58. The van der Waals surface area contributed by atoms with Crippen molar-refractivity contribution in [2.24, 2.45) is 0 Å². The van der Waals surface area contributed by atoms with Gasteiger partial charge in [-0.2, -0.15) is 13.2 Å². The third kappa shape index (κ3) is 4.12. The number of pyridine rings is 1. The average Bonchev–Trinajstić information content (AvgIpc) is 2.47. The number of anilines is 1. The Morgan fingerprint density at radius 1 is 1.32 bits per heavy atom. The van der Waals surface area contributed by atoms with Gasteiger partial charge in [0.1, 0.15) is 13.1 Å². The number of alkyl halides is 3. The number of rotatable bonds is 2. The first-order valence-electron chi connectivity index (χ1n) is 6.76. The molecule has 0 aromatic carbocycles. The van der Waals surface area contributed by atoms with E-state index < -0.39 is 12.1 Å². The van der Waals surface area contributed by atoms with E-state index in [-0.39, 0.29) is 19.2 Å². The number of hydrogen-bond acceptors (Lipinski definition) is 3. The Morgan fingerprint density at radius 2 is 1.95 bits per heavy atom. The normalized spacial score (nSPS) is 16.4. The number of carbonyl (C=O) groups excluding carboxylic acids is 1. The minimum Gasteiger partial charge on any atom is -0.711 e. The molecule has 2 rings (SSSR count). The molecule has 0 radical (unpaired) electrons. The molecule has 22 heavy (non-hydrogen) atoms. The van der Waals surface area contributed by atoms with Crippen LogP contribution in [0.15, 0.2) is 30.5 Å². The summed E-state index contributed by atoms with van der Waals surface area (Å²) in [5.41, 5.74) is 0.939. The van der Waals surface area contributed by atoms with Crippen molar-refractivity contribution in [3.63, 3.8) is 0 Å². The van der Waals surface area contributed by atoms with Crippen LogP contribution in [0.3, 0.4) is 0 Å². The summed E-state index contributed by atoms with van der Waals surface area (Å²) in [4.78, 5) is 14.8. The van der Waals surface area contributed by atoms with Crippen molar-refractivity contribution in [3.8, 4) is 0 Å². The van der Waals surface area contributed by atoms with Crippen LogP contribution in [-0.4, -0.2) is 43.2 Å². The first-order valence-corrected chi connectivity index (χ1v) is 6.76. The van der Waals surface area contributed by atoms with Gasteiger partial charge in [0, 0.05) is 18.2 Å². The summed E-state index contributed by atoms with van der Waals surface area (Å²) in [7, 11) is 0. The van der Waals surface area contributed by atoms with E-state index in [0.717, 1.165) is 10.3 Å². The molecule has 0 bridgehead atoms. The van der Waals surface area contributed by atoms with Crippen LogP contribution in [0, 0.1) is 12.1 Å². The first-order chi connectivity index (χ1) is 10.3. The molecule has 1 amide bonds. The van der Waals surface area contributed by atoms with Crippen molar-refractivity contribution in [1.82, 2.24) is 4.90 Å². The lowest BCUT2D eigenvalue weighted by atomic mass is 10.2. The Bertz CT molecular complexity index is 579. The van der Waals surface area contributed by atoms with Crippen molar-refractivity contribution in [3.05, 3.63) is 41.3 Å². The molecule has 8 heteroatoms. The van der Waals surface area contributed by atoms with Crippen LogP contribution in [0.5, 0.6) is 0 Å². The third-order valence-electron chi connectivity index (χ3n) is 3.39. The number of allylic oxidation sites excluding steroid dienone is 1. The Balaban J connectivity index is 1.97. The molecule has 2 heterocycles. The molecule has 1 saturated heterocycles. The molecule has 0 N–H and O–H groups in total. The number of piperazine rings is 1. The standard InChI is InChI=1S/C14H16F3N3O2/c1-11-3-5-20(22)12(10-11)18-6-8-19(9-7-18)13(21)2-4-14(15,16)17/h2-5,10H,6-9H2,1H3. The molecule has 5 nitrogen and oxygen atoms in total. The molecule has 0 atom stereocenters. The van der Waals surface area contributed by atoms with Gasteiger partial charge in [-0.3, -0.25) is 9.69 Å². The fourth-order valence-corrected chi connectivity index (χ4v) is 2.23. The van der Waals surface area contributed by atoms with Crippen LogP contribution >= 0.6 is 0 Å². The summed E-state index contributed by atoms with van der Waals surface area (Å²) < 4.78 is 36.9. The highest BCUT2D eigenvalue weighted by molar-refractivity contribution is 5.87. The molecule has 0 unspecified atom stereocenters. The van der Waals surface area contributed by atoms with Crippen LogP contribution in [-0.2, 0) is 4.79 Å². The molecule has 1 fully saturated rings. The summed E-state index contributed by atoms with van der Waals surface area (Å²) in [5.74, 6) is -0.186. The number of amides is 1. The summed E-state index contributed by atoms with van der Waals surface area (Å²) >= 11 is 0. The minimum absolute atomic E-state index is 0.0616. The molecule has 1 aromatic heterocycles. The summed E-state index contributed by atoms with van der Waals surface area (Å²) in [6.07, 6.45) is -2.61. The van der Waals surface area contributed by atoms with E-state index in [1.807, 2.05) is 11.8 Å². The van der Waals surface area contributed by atoms with Gasteiger partial charge in [-0.15, -0.1) is 0 Å². The van der Waals surface area contributed by atoms with E-state index in [1.165, 1.54) is 11.1 Å². The molecule has 0 aliphatic carbocycles. The quantitative estimate of drug-likeness (QED) is 0.471. The number of nitrogens with zero attached hydrogens (tertiary/aromatic N) is 3. The Hall–Kier alpha value is -2.25. The zero-order chi connectivity index (χ0) is 16.3. The van der Waals surface area contributed by atoms with E-state index in [4.69, 9.17) is 0 Å². The maximum atomic E-state index is 12.0. The van der Waals surface area contributed by atoms with Gasteiger partial charge < -0.3 is 10.1 Å². The highest BCUT2D eigenvalue weighted by Gasteiger charge is 2.27. The van der Waals surface area contributed by atoms with Gasteiger partial charge in [-0.25, -0.2) is 4.73 Å². The predicted octanol–water partition coefficient (Wildman–Crippen LogP) is 1.40. The van der Waals surface area contributed by atoms with Gasteiger partial charge in [0.15, 0.2) is 0 Å². The monoisotopic (exact) mass is 315 g/mol. The van der Waals surface area contributed by atoms with Crippen LogP contribution < -0.4 is 9.63 Å². The second-order valence-corrected chi connectivity index (χ2v) is 5.08. The average molecular weight is 315 g/mol. The lowest BCUT2D eigenvalue weighted by molar-refractivity contribution is -0.592. The fraction of sp³-hybridized carbons (Fsp3) is 0.429. The van der Waals surface area contributed by atoms with Crippen LogP contribution in [0.2, 0.25) is 0 Å². The Labute approximate surface area is 125 Å². The lowest BCUT2D eigenvalue weighted by Crippen LogP contribution is -2.51. The van der Waals surface area contributed by atoms with Gasteiger partial charge in [0.05, 0.1) is 19.3 Å². The number of hydrogen-bond donors (Lipinski definition) is 0. The number of halogens is 3. The number of aryl methyl sites for hydroxylation is 1. The van der Waals surface area contributed by atoms with E-state index >= 15 is 0 Å². The van der Waals surface area contributed by atoms with Crippen molar-refractivity contribution < 1.29 is 22.7 Å². The summed E-state index contributed by atoms with van der Waals surface area (Å²) in [6, 6.07) is 3.44. The lowest BCUT2D eigenvalue weighted by Gasteiger charge is -2.31. The van der Waals surface area contributed by atoms with Gasteiger partial charge in [0.25, 0.3) is 5.82 Å². The van der Waals surface area contributed by atoms with Crippen molar-refractivity contribution in [2.45, 2.75) is 13.1 Å². The van der Waals surface area contributed by atoms with E-state index in [9.17, 15) is 23.2 Å². The predicted molar refractivity (Wildman–Crippen MR) is 74.1 cm³/mol. The highest BCUT2D eigenvalue weighted by Crippen LogP contribution is 2.17. The Morgan fingerprint density at radius 3 is 2.55 bits per heavy atom. The number of carbonyl (C=O) groups is 1. The van der Waals surface area contributed by atoms with Crippen molar-refractivity contribution >= 4 is 11.7 Å². The molecular weight excluding hydrogens is 299 g/mol. The fourth-order valence-electron chi connectivity index (χ4n) is 2.23. The zero-order valence-electron chi connectivity index (χ0n) is 12.0. The molecule has 1 aromatic rings. The second kappa shape index (κ2) is 6.25. The SMILES string of the molecule is Cc1cc[n+]([O-])c(N2CCN(C(=O)C=CC(F)(F)F)CC2)c1. The van der Waals surface area contributed by atoms with Gasteiger partial charge in [-0.05, 0) is 18.6 Å². The molecule has 1 aliphatic rings. The molecular formula is C14H16F3N3O2. The molecule has 120 valence electrons. The smallest absolute Gasteiger partial charge is 0.409 e. The minimum atomic E-state index is -4.49. The number of aromatic nitrogens is 1. The largest absolute Gasteiger partial charge is 0.711 e. The molecule has 0 spiro atoms. The topological polar surface area (TPSA) is 50.5 Å². The summed E-state index contributed by atoms with van der Waals surface area (Å²) in [6.45, 7) is 3.21. The first kappa shape index (κ1) is 16.1. The maximum absolute atomic E-state index is 12.0. The van der Waals surface area contributed by atoms with Gasteiger partial charge in [0.2, 0.25) is 5.91 Å². The third-order valence-corrected chi connectivity index (χ3v) is 3.39. The van der Waals surface area contributed by atoms with Crippen LogP contribution in [0.4, 0.5) is 19.0 Å². The van der Waals surface area contributed by atoms with Crippen molar-refractivity contribution in [1.29, 1.82) is 0 Å². The van der Waals surface area contributed by atoms with E-state index in [2.05, 4.69) is 0 Å². The van der Waals surface area contributed by atoms with Crippen LogP contribution in [0.25, 0.3) is 0 Å². The molecule has 0 saturated carbocycles. The second-order valence-electron chi connectivity index (χ2n) is 5.08.